The van der Waals surface area contributed by atoms with Gasteiger partial charge in [0.25, 0.3) is 0 Å². The molecule has 2 nitrogen and oxygen atoms in total. The Labute approximate surface area is 102 Å². The summed E-state index contributed by atoms with van der Waals surface area (Å²) >= 11 is 3.36. The van der Waals surface area contributed by atoms with Gasteiger partial charge in [0.2, 0.25) is 5.78 Å². The number of carbonyl (C=O) groups is 1. The number of aryl methyl sites for hydroxylation is 1. The van der Waals surface area contributed by atoms with Crippen LogP contribution in [0.2, 0.25) is 0 Å². The highest BCUT2D eigenvalue weighted by Crippen LogP contribution is 2.15. The Morgan fingerprint density at radius 1 is 1.25 bits per heavy atom. The highest BCUT2D eigenvalue weighted by molar-refractivity contribution is 9.10. The van der Waals surface area contributed by atoms with E-state index in [9.17, 15) is 4.79 Å². The first-order valence-corrected chi connectivity index (χ1v) is 5.78. The van der Waals surface area contributed by atoms with Crippen molar-refractivity contribution in [2.75, 3.05) is 0 Å². The molecule has 16 heavy (non-hydrogen) atoms. The third-order valence-electron chi connectivity index (χ3n) is 2.39. The van der Waals surface area contributed by atoms with Crippen LogP contribution in [0, 0.1) is 6.92 Å². The predicted octanol–water partition coefficient (Wildman–Crippen LogP) is 3.78. The number of halogens is 1. The molecule has 0 unspecified atom stereocenters. The summed E-state index contributed by atoms with van der Waals surface area (Å²) < 4.78 is 6.18. The second-order valence-electron chi connectivity index (χ2n) is 3.66. The number of furan rings is 1. The molecule has 0 bridgehead atoms. The zero-order valence-corrected chi connectivity index (χ0v) is 10.5. The number of Topliss-reactive ketones (excluding diaryl/α,β-unsaturated/α-hetero) is 1. The third-order valence-corrected chi connectivity index (χ3v) is 2.92. The van der Waals surface area contributed by atoms with Crippen molar-refractivity contribution in [3.8, 4) is 0 Å². The van der Waals surface area contributed by atoms with Crippen LogP contribution in [-0.4, -0.2) is 5.78 Å². The normalized spacial score (nSPS) is 10.4. The quantitative estimate of drug-likeness (QED) is 0.800. The molecular formula is C13H11BrO2. The lowest BCUT2D eigenvalue weighted by atomic mass is 10.1. The van der Waals surface area contributed by atoms with Crippen molar-refractivity contribution < 1.29 is 9.21 Å². The van der Waals surface area contributed by atoms with Gasteiger partial charge in [-0.05, 0) is 36.2 Å². The second kappa shape index (κ2) is 4.66. The summed E-state index contributed by atoms with van der Waals surface area (Å²) in [5.41, 5.74) is 1.88. The van der Waals surface area contributed by atoms with Crippen molar-refractivity contribution in [2.45, 2.75) is 13.3 Å². The molecule has 1 aromatic carbocycles. The lowest BCUT2D eigenvalue weighted by Crippen LogP contribution is -2.03. The maximum Gasteiger partial charge on any atom is 0.202 e. The molecule has 2 rings (SSSR count). The maximum absolute atomic E-state index is 11.9. The lowest BCUT2D eigenvalue weighted by molar-refractivity contribution is 0.0965. The predicted molar refractivity (Wildman–Crippen MR) is 65.6 cm³/mol. The van der Waals surface area contributed by atoms with Gasteiger partial charge in [-0.1, -0.05) is 28.1 Å². The minimum atomic E-state index is 0.0184. The molecule has 0 aliphatic heterocycles. The Balaban J connectivity index is 2.14. The van der Waals surface area contributed by atoms with E-state index in [2.05, 4.69) is 15.9 Å². The highest BCUT2D eigenvalue weighted by atomic mass is 79.9. The van der Waals surface area contributed by atoms with Crippen LogP contribution >= 0.6 is 15.9 Å². The zero-order chi connectivity index (χ0) is 11.5. The first-order valence-electron chi connectivity index (χ1n) is 4.98. The average Bonchev–Trinajstić information content (AvgIpc) is 2.68. The van der Waals surface area contributed by atoms with E-state index in [-0.39, 0.29) is 5.78 Å². The van der Waals surface area contributed by atoms with E-state index in [0.29, 0.717) is 12.2 Å². The summed E-state index contributed by atoms with van der Waals surface area (Å²) in [6, 6.07) is 9.52. The average molecular weight is 279 g/mol. The van der Waals surface area contributed by atoms with E-state index in [1.54, 1.807) is 12.3 Å². The van der Waals surface area contributed by atoms with Crippen LogP contribution in [0.3, 0.4) is 0 Å². The molecule has 2 aromatic rings. The number of carbonyl (C=O) groups excluding carboxylic acids is 1. The van der Waals surface area contributed by atoms with Crippen LogP contribution < -0.4 is 0 Å². The number of hydrogen-bond acceptors (Lipinski definition) is 2. The number of rotatable bonds is 3. The molecule has 1 aromatic heterocycles. The molecule has 0 amide bonds. The van der Waals surface area contributed by atoms with Crippen LogP contribution in [0.5, 0.6) is 0 Å². The zero-order valence-electron chi connectivity index (χ0n) is 8.87. The van der Waals surface area contributed by atoms with E-state index in [1.807, 2.05) is 31.2 Å². The second-order valence-corrected chi connectivity index (χ2v) is 4.57. The molecule has 0 saturated carbocycles. The van der Waals surface area contributed by atoms with Crippen molar-refractivity contribution in [1.29, 1.82) is 0 Å². The van der Waals surface area contributed by atoms with Gasteiger partial charge >= 0.3 is 0 Å². The first-order chi connectivity index (χ1) is 7.66. The van der Waals surface area contributed by atoms with Crippen molar-refractivity contribution in [3.63, 3.8) is 0 Å². The van der Waals surface area contributed by atoms with Gasteiger partial charge in [0, 0.05) is 10.9 Å². The summed E-state index contributed by atoms with van der Waals surface area (Å²) in [7, 11) is 0. The number of benzene rings is 1. The Morgan fingerprint density at radius 2 is 1.94 bits per heavy atom. The fourth-order valence-corrected chi connectivity index (χ4v) is 1.79. The van der Waals surface area contributed by atoms with E-state index < -0.39 is 0 Å². The molecule has 0 radical (unpaired) electrons. The van der Waals surface area contributed by atoms with Crippen LogP contribution in [0.25, 0.3) is 0 Å². The molecular weight excluding hydrogens is 268 g/mol. The van der Waals surface area contributed by atoms with Crippen molar-refractivity contribution in [3.05, 3.63) is 58.0 Å². The molecule has 0 N–H and O–H groups in total. The van der Waals surface area contributed by atoms with Crippen LogP contribution in [0.15, 0.2) is 45.5 Å². The fourth-order valence-electron chi connectivity index (χ4n) is 1.53. The summed E-state index contributed by atoms with van der Waals surface area (Å²) in [5, 5.41) is 0. The van der Waals surface area contributed by atoms with Gasteiger partial charge in [0.05, 0.1) is 6.26 Å². The standard InChI is InChI=1S/C13H11BrO2/c1-9-6-7-16-13(9)12(15)8-10-2-4-11(14)5-3-10/h2-7H,8H2,1H3. The van der Waals surface area contributed by atoms with Crippen LogP contribution in [0.1, 0.15) is 21.7 Å². The number of ketones is 1. The topological polar surface area (TPSA) is 30.2 Å². The van der Waals surface area contributed by atoms with Gasteiger partial charge in [-0.3, -0.25) is 4.79 Å². The molecule has 0 aliphatic carbocycles. The molecule has 1 heterocycles. The lowest BCUT2D eigenvalue weighted by Gasteiger charge is -2.00. The monoisotopic (exact) mass is 278 g/mol. The van der Waals surface area contributed by atoms with Crippen molar-refractivity contribution >= 4 is 21.7 Å². The van der Waals surface area contributed by atoms with E-state index >= 15 is 0 Å². The Kier molecular flexibility index (Phi) is 3.25. The minimum absolute atomic E-state index is 0.0184. The third kappa shape index (κ3) is 2.42. The Bertz CT molecular complexity index is 497. The SMILES string of the molecule is Cc1ccoc1C(=O)Cc1ccc(Br)cc1. The van der Waals surface area contributed by atoms with E-state index in [0.717, 1.165) is 15.6 Å². The van der Waals surface area contributed by atoms with Gasteiger partial charge in [-0.15, -0.1) is 0 Å². The molecule has 0 atom stereocenters. The summed E-state index contributed by atoms with van der Waals surface area (Å²) in [5.74, 6) is 0.479. The van der Waals surface area contributed by atoms with Crippen molar-refractivity contribution in [2.24, 2.45) is 0 Å². The van der Waals surface area contributed by atoms with Gasteiger partial charge in [0.1, 0.15) is 0 Å². The smallest absolute Gasteiger partial charge is 0.202 e. The summed E-state index contributed by atoms with van der Waals surface area (Å²) in [6.45, 7) is 1.87. The number of hydrogen-bond donors (Lipinski definition) is 0. The first kappa shape index (κ1) is 11.1. The largest absolute Gasteiger partial charge is 0.461 e. The Morgan fingerprint density at radius 3 is 2.50 bits per heavy atom. The highest BCUT2D eigenvalue weighted by Gasteiger charge is 2.12. The molecule has 0 fully saturated rings. The van der Waals surface area contributed by atoms with E-state index in [1.165, 1.54) is 0 Å². The van der Waals surface area contributed by atoms with Gasteiger partial charge in [0.15, 0.2) is 5.76 Å². The Hall–Kier alpha value is -1.35. The van der Waals surface area contributed by atoms with Crippen LogP contribution in [0.4, 0.5) is 0 Å². The van der Waals surface area contributed by atoms with Crippen LogP contribution in [-0.2, 0) is 6.42 Å². The van der Waals surface area contributed by atoms with Gasteiger partial charge in [-0.2, -0.15) is 0 Å². The fraction of sp³-hybridized carbons (Fsp3) is 0.154. The molecule has 82 valence electrons. The molecule has 3 heteroatoms. The molecule has 0 spiro atoms. The van der Waals surface area contributed by atoms with E-state index in [4.69, 9.17) is 4.42 Å². The van der Waals surface area contributed by atoms with Gasteiger partial charge in [-0.25, -0.2) is 0 Å². The van der Waals surface area contributed by atoms with Crippen molar-refractivity contribution in [1.82, 2.24) is 0 Å². The minimum Gasteiger partial charge on any atom is -0.461 e. The maximum atomic E-state index is 11.9. The van der Waals surface area contributed by atoms with Gasteiger partial charge < -0.3 is 4.42 Å². The summed E-state index contributed by atoms with van der Waals surface area (Å²) in [6.07, 6.45) is 1.92. The summed E-state index contributed by atoms with van der Waals surface area (Å²) in [4.78, 5) is 11.9. The molecule has 0 aliphatic rings. The molecule has 0 saturated heterocycles.